The van der Waals surface area contributed by atoms with E-state index >= 15 is 0 Å². The largest absolute Gasteiger partial charge is 0.384 e. The Morgan fingerprint density at radius 2 is 2.06 bits per heavy atom. The molecule has 2 rings (SSSR count). The lowest BCUT2D eigenvalue weighted by atomic mass is 10.2. The van der Waals surface area contributed by atoms with Gasteiger partial charge in [0.1, 0.15) is 11.6 Å². The molecule has 1 aromatic heterocycles. The van der Waals surface area contributed by atoms with Gasteiger partial charge in [-0.15, -0.1) is 0 Å². The third-order valence-electron chi connectivity index (χ3n) is 2.39. The Morgan fingerprint density at radius 1 is 1.24 bits per heavy atom. The monoisotopic (exact) mass is 231 g/mol. The highest BCUT2D eigenvalue weighted by molar-refractivity contribution is 5.56. The highest BCUT2D eigenvalue weighted by Gasteiger charge is 2.05. The molecule has 1 heterocycles. The number of benzene rings is 1. The van der Waals surface area contributed by atoms with E-state index in [9.17, 15) is 4.39 Å². The quantitative estimate of drug-likeness (QED) is 0.883. The number of nitrogen functional groups attached to an aromatic ring is 1. The van der Waals surface area contributed by atoms with Crippen molar-refractivity contribution in [3.63, 3.8) is 0 Å². The van der Waals surface area contributed by atoms with Gasteiger partial charge in [0, 0.05) is 17.3 Å². The zero-order chi connectivity index (χ0) is 12.3. The van der Waals surface area contributed by atoms with Gasteiger partial charge < -0.3 is 5.73 Å². The molecule has 0 atom stereocenters. The molecule has 2 aromatic rings. The average molecular weight is 231 g/mol. The van der Waals surface area contributed by atoms with Gasteiger partial charge in [0.2, 0.25) is 0 Å². The molecule has 0 bridgehead atoms. The molecular weight excluding hydrogens is 217 g/mol. The first-order chi connectivity index (χ1) is 8.19. The molecule has 0 aliphatic carbocycles. The first-order valence-electron chi connectivity index (χ1n) is 5.58. The highest BCUT2D eigenvalue weighted by Crippen LogP contribution is 2.18. The summed E-state index contributed by atoms with van der Waals surface area (Å²) in [7, 11) is 0. The molecule has 0 aliphatic rings. The molecule has 0 radical (unpaired) electrons. The van der Waals surface area contributed by atoms with Crippen LogP contribution in [-0.4, -0.2) is 9.97 Å². The molecule has 17 heavy (non-hydrogen) atoms. The number of nitrogens with zero attached hydrogens (tertiary/aromatic N) is 2. The minimum Gasteiger partial charge on any atom is -0.384 e. The number of aromatic nitrogens is 2. The Bertz CT molecular complexity index is 526. The smallest absolute Gasteiger partial charge is 0.161 e. The standard InChI is InChI=1S/C13H14FN3/c1-2-4-11-8-12(15)17-13(16-11)9-5-3-6-10(14)7-9/h3,5-8H,2,4H2,1H3,(H2,15,16,17). The number of aryl methyl sites for hydroxylation is 1. The summed E-state index contributed by atoms with van der Waals surface area (Å²) in [5, 5.41) is 0. The van der Waals surface area contributed by atoms with Gasteiger partial charge in [-0.1, -0.05) is 25.5 Å². The van der Waals surface area contributed by atoms with Crippen LogP contribution in [0, 0.1) is 5.82 Å². The zero-order valence-electron chi connectivity index (χ0n) is 9.65. The van der Waals surface area contributed by atoms with Gasteiger partial charge in [0.05, 0.1) is 0 Å². The van der Waals surface area contributed by atoms with Gasteiger partial charge in [0.25, 0.3) is 0 Å². The molecule has 0 unspecified atom stereocenters. The van der Waals surface area contributed by atoms with Crippen LogP contribution in [-0.2, 0) is 6.42 Å². The first kappa shape index (κ1) is 11.5. The fraction of sp³-hybridized carbons (Fsp3) is 0.231. The molecular formula is C13H14FN3. The molecule has 0 fully saturated rings. The lowest BCUT2D eigenvalue weighted by molar-refractivity contribution is 0.628. The Balaban J connectivity index is 2.44. The molecule has 0 saturated carbocycles. The Hall–Kier alpha value is -1.97. The Morgan fingerprint density at radius 3 is 2.76 bits per heavy atom. The maximum atomic E-state index is 13.1. The van der Waals surface area contributed by atoms with Crippen LogP contribution in [0.3, 0.4) is 0 Å². The van der Waals surface area contributed by atoms with Crippen LogP contribution < -0.4 is 5.73 Å². The number of anilines is 1. The van der Waals surface area contributed by atoms with Gasteiger partial charge in [-0.3, -0.25) is 0 Å². The van der Waals surface area contributed by atoms with E-state index in [1.807, 2.05) is 0 Å². The van der Waals surface area contributed by atoms with Crippen LogP contribution in [0.4, 0.5) is 10.2 Å². The van der Waals surface area contributed by atoms with Crippen LogP contribution in [0.5, 0.6) is 0 Å². The number of hydrogen-bond donors (Lipinski definition) is 1. The maximum Gasteiger partial charge on any atom is 0.161 e. The predicted octanol–water partition coefficient (Wildman–Crippen LogP) is 2.82. The lowest BCUT2D eigenvalue weighted by Crippen LogP contribution is -2.00. The van der Waals surface area contributed by atoms with Crippen molar-refractivity contribution in [2.24, 2.45) is 0 Å². The number of halogens is 1. The van der Waals surface area contributed by atoms with Crippen LogP contribution in [0.25, 0.3) is 11.4 Å². The normalized spacial score (nSPS) is 10.5. The van der Waals surface area contributed by atoms with E-state index in [4.69, 9.17) is 5.73 Å². The Labute approximate surface area is 99.5 Å². The van der Waals surface area contributed by atoms with Crippen molar-refractivity contribution in [3.8, 4) is 11.4 Å². The minimum absolute atomic E-state index is 0.300. The SMILES string of the molecule is CCCc1cc(N)nc(-c2cccc(F)c2)n1. The topological polar surface area (TPSA) is 51.8 Å². The van der Waals surface area contributed by atoms with E-state index in [0.29, 0.717) is 17.2 Å². The molecule has 0 amide bonds. The summed E-state index contributed by atoms with van der Waals surface area (Å²) in [5.41, 5.74) is 7.26. The van der Waals surface area contributed by atoms with E-state index in [1.54, 1.807) is 18.2 Å². The molecule has 0 saturated heterocycles. The third-order valence-corrected chi connectivity index (χ3v) is 2.39. The molecule has 4 heteroatoms. The van der Waals surface area contributed by atoms with Gasteiger partial charge in [0.15, 0.2) is 5.82 Å². The van der Waals surface area contributed by atoms with Gasteiger partial charge in [-0.25, -0.2) is 14.4 Å². The van der Waals surface area contributed by atoms with Gasteiger partial charge in [-0.05, 0) is 18.6 Å². The van der Waals surface area contributed by atoms with E-state index in [2.05, 4.69) is 16.9 Å². The second-order valence-electron chi connectivity index (χ2n) is 3.87. The van der Waals surface area contributed by atoms with Crippen LogP contribution in [0.1, 0.15) is 19.0 Å². The summed E-state index contributed by atoms with van der Waals surface area (Å²) in [4.78, 5) is 8.50. The maximum absolute atomic E-state index is 13.1. The summed E-state index contributed by atoms with van der Waals surface area (Å²) >= 11 is 0. The number of rotatable bonds is 3. The summed E-state index contributed by atoms with van der Waals surface area (Å²) in [5.74, 6) is 0.598. The summed E-state index contributed by atoms with van der Waals surface area (Å²) < 4.78 is 13.1. The van der Waals surface area contributed by atoms with Crippen molar-refractivity contribution in [2.45, 2.75) is 19.8 Å². The van der Waals surface area contributed by atoms with Gasteiger partial charge >= 0.3 is 0 Å². The van der Waals surface area contributed by atoms with Crippen molar-refractivity contribution in [2.75, 3.05) is 5.73 Å². The van der Waals surface area contributed by atoms with Crippen molar-refractivity contribution >= 4 is 5.82 Å². The molecule has 88 valence electrons. The predicted molar refractivity (Wildman–Crippen MR) is 65.8 cm³/mol. The van der Waals surface area contributed by atoms with Crippen molar-refractivity contribution in [1.29, 1.82) is 0 Å². The van der Waals surface area contributed by atoms with Crippen molar-refractivity contribution in [3.05, 3.63) is 41.8 Å². The average Bonchev–Trinajstić information content (AvgIpc) is 2.28. The third kappa shape index (κ3) is 2.78. The Kier molecular flexibility index (Phi) is 3.32. The number of hydrogen-bond acceptors (Lipinski definition) is 3. The highest BCUT2D eigenvalue weighted by atomic mass is 19.1. The fourth-order valence-corrected chi connectivity index (χ4v) is 1.66. The molecule has 2 N–H and O–H groups in total. The van der Waals surface area contributed by atoms with E-state index < -0.39 is 0 Å². The second kappa shape index (κ2) is 4.91. The van der Waals surface area contributed by atoms with Crippen LogP contribution >= 0.6 is 0 Å². The van der Waals surface area contributed by atoms with Crippen LogP contribution in [0.15, 0.2) is 30.3 Å². The minimum atomic E-state index is -0.300. The van der Waals surface area contributed by atoms with Crippen molar-refractivity contribution < 1.29 is 4.39 Å². The van der Waals surface area contributed by atoms with E-state index in [-0.39, 0.29) is 5.82 Å². The molecule has 0 aliphatic heterocycles. The van der Waals surface area contributed by atoms with Crippen molar-refractivity contribution in [1.82, 2.24) is 9.97 Å². The second-order valence-corrected chi connectivity index (χ2v) is 3.87. The molecule has 1 aromatic carbocycles. The molecule has 3 nitrogen and oxygen atoms in total. The summed E-state index contributed by atoms with van der Waals surface area (Å²) in [6.45, 7) is 2.07. The first-order valence-corrected chi connectivity index (χ1v) is 5.58. The fourth-order valence-electron chi connectivity index (χ4n) is 1.66. The van der Waals surface area contributed by atoms with E-state index in [0.717, 1.165) is 18.5 Å². The molecule has 0 spiro atoms. The number of nitrogens with two attached hydrogens (primary N) is 1. The summed E-state index contributed by atoms with van der Waals surface area (Å²) in [6.07, 6.45) is 1.83. The summed E-state index contributed by atoms with van der Waals surface area (Å²) in [6, 6.07) is 7.96. The van der Waals surface area contributed by atoms with Gasteiger partial charge in [-0.2, -0.15) is 0 Å². The zero-order valence-corrected chi connectivity index (χ0v) is 9.65. The lowest BCUT2D eigenvalue weighted by Gasteiger charge is -2.05. The van der Waals surface area contributed by atoms with E-state index in [1.165, 1.54) is 12.1 Å². The van der Waals surface area contributed by atoms with Crippen LogP contribution in [0.2, 0.25) is 0 Å².